The molecule has 0 N–H and O–H groups in total. The molecule has 0 radical (unpaired) electrons. The summed E-state index contributed by atoms with van der Waals surface area (Å²) in [6.45, 7) is 1.51. The van der Waals surface area contributed by atoms with Gasteiger partial charge in [-0.05, 0) is 18.1 Å². The van der Waals surface area contributed by atoms with Crippen LogP contribution in [0.1, 0.15) is 6.92 Å². The molecule has 2 aromatic carbocycles. The summed E-state index contributed by atoms with van der Waals surface area (Å²) in [4.78, 5) is 2.64. The second kappa shape index (κ2) is 4.84. The van der Waals surface area contributed by atoms with Crippen molar-refractivity contribution in [3.63, 3.8) is 0 Å². The van der Waals surface area contributed by atoms with Crippen LogP contribution in [0, 0.1) is 5.39 Å². The SMILES string of the molecule is CCOS(=O)(=O)c1cc([N+]#N)c([O-])c2ccccc12. The van der Waals surface area contributed by atoms with Crippen molar-refractivity contribution < 1.29 is 17.7 Å². The molecule has 0 aliphatic rings. The van der Waals surface area contributed by atoms with Crippen LogP contribution in [-0.2, 0) is 14.3 Å². The first-order valence-corrected chi connectivity index (χ1v) is 6.89. The molecule has 0 heterocycles. The maximum atomic E-state index is 12.0. The van der Waals surface area contributed by atoms with E-state index in [2.05, 4.69) is 4.98 Å². The Morgan fingerprint density at radius 1 is 1.32 bits per heavy atom. The van der Waals surface area contributed by atoms with Gasteiger partial charge in [0.05, 0.1) is 12.7 Å². The van der Waals surface area contributed by atoms with Crippen LogP contribution in [0.3, 0.4) is 0 Å². The molecule has 0 bridgehead atoms. The topological polar surface area (TPSA) is 94.6 Å². The first-order chi connectivity index (χ1) is 9.01. The Balaban J connectivity index is 2.90. The largest absolute Gasteiger partial charge is 0.867 e. The third-order valence-electron chi connectivity index (χ3n) is 2.59. The summed E-state index contributed by atoms with van der Waals surface area (Å²) in [5.74, 6) is -0.534. The first-order valence-electron chi connectivity index (χ1n) is 5.48. The van der Waals surface area contributed by atoms with Crippen molar-refractivity contribution >= 4 is 26.6 Å². The minimum absolute atomic E-state index is 0.0264. The zero-order valence-corrected chi connectivity index (χ0v) is 10.8. The van der Waals surface area contributed by atoms with Crippen LogP contribution in [0.15, 0.2) is 35.2 Å². The second-order valence-corrected chi connectivity index (χ2v) is 5.31. The number of rotatable bonds is 3. The van der Waals surface area contributed by atoms with Gasteiger partial charge in [-0.25, -0.2) is 0 Å². The smallest absolute Gasteiger partial charge is 0.379 e. The average molecular weight is 278 g/mol. The van der Waals surface area contributed by atoms with Crippen LogP contribution < -0.4 is 5.11 Å². The van der Waals surface area contributed by atoms with Crippen molar-refractivity contribution in [2.75, 3.05) is 6.61 Å². The van der Waals surface area contributed by atoms with Crippen molar-refractivity contribution in [2.45, 2.75) is 11.8 Å². The van der Waals surface area contributed by atoms with E-state index in [9.17, 15) is 13.5 Å². The summed E-state index contributed by atoms with van der Waals surface area (Å²) in [5.41, 5.74) is -0.336. The predicted molar refractivity (Wildman–Crippen MR) is 66.9 cm³/mol. The molecule has 0 aromatic heterocycles. The Morgan fingerprint density at radius 2 is 1.95 bits per heavy atom. The van der Waals surface area contributed by atoms with E-state index in [0.717, 1.165) is 6.07 Å². The fourth-order valence-corrected chi connectivity index (χ4v) is 2.94. The lowest BCUT2D eigenvalue weighted by Crippen LogP contribution is -2.07. The van der Waals surface area contributed by atoms with E-state index in [1.165, 1.54) is 12.1 Å². The van der Waals surface area contributed by atoms with E-state index in [1.54, 1.807) is 19.1 Å². The van der Waals surface area contributed by atoms with Gasteiger partial charge in [0.25, 0.3) is 10.1 Å². The minimum atomic E-state index is -4.00. The fourth-order valence-electron chi connectivity index (χ4n) is 1.80. The zero-order valence-electron chi connectivity index (χ0n) is 10.0. The van der Waals surface area contributed by atoms with Crippen molar-refractivity contribution in [3.05, 3.63) is 35.3 Å². The Bertz CT molecular complexity index is 778. The third kappa shape index (κ3) is 2.23. The van der Waals surface area contributed by atoms with Crippen LogP contribution >= 0.6 is 0 Å². The number of nitrogens with zero attached hydrogens (tertiary/aromatic N) is 2. The quantitative estimate of drug-likeness (QED) is 0.633. The molecule has 0 saturated heterocycles. The maximum Gasteiger partial charge on any atom is 0.379 e. The predicted octanol–water partition coefficient (Wildman–Crippen LogP) is 2.12. The van der Waals surface area contributed by atoms with Crippen LogP contribution in [0.4, 0.5) is 5.69 Å². The highest BCUT2D eigenvalue weighted by Crippen LogP contribution is 2.37. The molecule has 0 unspecified atom stereocenters. The van der Waals surface area contributed by atoms with Gasteiger partial charge in [-0.2, -0.15) is 8.42 Å². The second-order valence-electron chi connectivity index (χ2n) is 3.73. The third-order valence-corrected chi connectivity index (χ3v) is 4.01. The number of fused-ring (bicyclic) bond motifs is 1. The van der Waals surface area contributed by atoms with E-state index in [4.69, 9.17) is 9.58 Å². The Hall–Kier alpha value is -2.17. The molecule has 0 amide bonds. The zero-order chi connectivity index (χ0) is 14.0. The van der Waals surface area contributed by atoms with Gasteiger partial charge in [0.2, 0.25) is 5.39 Å². The molecule has 2 rings (SSSR count). The normalized spacial score (nSPS) is 11.4. The van der Waals surface area contributed by atoms with Crippen molar-refractivity contribution in [1.29, 1.82) is 5.39 Å². The van der Waals surface area contributed by atoms with Gasteiger partial charge >= 0.3 is 5.69 Å². The Labute approximate surface area is 110 Å². The summed E-state index contributed by atoms with van der Waals surface area (Å²) >= 11 is 0. The summed E-state index contributed by atoms with van der Waals surface area (Å²) in [5, 5.41) is 21.1. The lowest BCUT2D eigenvalue weighted by Gasteiger charge is -2.11. The Morgan fingerprint density at radius 3 is 2.53 bits per heavy atom. The first kappa shape index (κ1) is 13.3. The van der Waals surface area contributed by atoms with Gasteiger partial charge in [0.1, 0.15) is 4.90 Å². The van der Waals surface area contributed by atoms with E-state index in [-0.39, 0.29) is 28.0 Å². The molecule has 7 heteroatoms. The van der Waals surface area contributed by atoms with Gasteiger partial charge in [-0.1, -0.05) is 24.3 Å². The maximum absolute atomic E-state index is 12.0. The monoisotopic (exact) mass is 278 g/mol. The van der Waals surface area contributed by atoms with Crippen molar-refractivity contribution in [2.24, 2.45) is 0 Å². The van der Waals surface area contributed by atoms with Crippen LogP contribution in [0.5, 0.6) is 5.75 Å². The van der Waals surface area contributed by atoms with Gasteiger partial charge in [0, 0.05) is 5.39 Å². The number of hydrogen-bond donors (Lipinski definition) is 0. The molecule has 0 saturated carbocycles. The van der Waals surface area contributed by atoms with Gasteiger partial charge in [0.15, 0.2) is 4.98 Å². The number of diazo groups is 1. The molecule has 19 heavy (non-hydrogen) atoms. The number of hydrogen-bond acceptors (Lipinski definition) is 5. The minimum Gasteiger partial charge on any atom is -0.867 e. The van der Waals surface area contributed by atoms with E-state index in [1.807, 2.05) is 0 Å². The Kier molecular flexibility index (Phi) is 3.38. The van der Waals surface area contributed by atoms with E-state index >= 15 is 0 Å². The molecule has 98 valence electrons. The highest BCUT2D eigenvalue weighted by molar-refractivity contribution is 7.87. The van der Waals surface area contributed by atoms with Gasteiger partial charge in [-0.3, -0.25) is 4.18 Å². The van der Waals surface area contributed by atoms with Crippen LogP contribution in [-0.4, -0.2) is 15.0 Å². The molecule has 0 aliphatic heterocycles. The average Bonchev–Trinajstić information content (AvgIpc) is 2.39. The molecule has 2 aromatic rings. The molecule has 6 nitrogen and oxygen atoms in total. The molecule has 0 spiro atoms. The molecular weight excluding hydrogens is 268 g/mol. The van der Waals surface area contributed by atoms with Crippen LogP contribution in [0.2, 0.25) is 0 Å². The van der Waals surface area contributed by atoms with E-state index in [0.29, 0.717) is 0 Å². The lowest BCUT2D eigenvalue weighted by atomic mass is 10.1. The summed E-state index contributed by atoms with van der Waals surface area (Å²) < 4.78 is 28.7. The van der Waals surface area contributed by atoms with Crippen molar-refractivity contribution in [3.8, 4) is 5.75 Å². The summed E-state index contributed by atoms with van der Waals surface area (Å²) in [7, 11) is -4.00. The lowest BCUT2D eigenvalue weighted by molar-refractivity contribution is -0.264. The van der Waals surface area contributed by atoms with E-state index < -0.39 is 15.9 Å². The van der Waals surface area contributed by atoms with Gasteiger partial charge in [-0.15, -0.1) is 0 Å². The standard InChI is InChI=1S/C12H10N2O4S/c1-2-18-19(16,17)11-7-10(14-13)12(15)9-6-4-3-5-8(9)11/h3-7H,2H2,1H3. The molecule has 0 atom stereocenters. The van der Waals surface area contributed by atoms with Gasteiger partial charge < -0.3 is 5.11 Å². The van der Waals surface area contributed by atoms with Crippen LogP contribution in [0.25, 0.3) is 15.7 Å². The summed E-state index contributed by atoms with van der Waals surface area (Å²) in [6.07, 6.45) is 0. The highest BCUT2D eigenvalue weighted by atomic mass is 32.2. The molecule has 0 aliphatic carbocycles. The van der Waals surface area contributed by atoms with Crippen molar-refractivity contribution in [1.82, 2.24) is 0 Å². The fraction of sp³-hybridized carbons (Fsp3) is 0.167. The highest BCUT2D eigenvalue weighted by Gasteiger charge is 2.23. The molecular formula is C12H10N2O4S. The number of benzene rings is 2. The molecule has 0 fully saturated rings. The summed E-state index contributed by atoms with van der Waals surface area (Å²) in [6, 6.07) is 7.20.